The zero-order chi connectivity index (χ0) is 28.1. The minimum atomic E-state index is -4.14. The Balaban J connectivity index is 2.26. The summed E-state index contributed by atoms with van der Waals surface area (Å²) in [5.41, 5.74) is -0.0996. The van der Waals surface area contributed by atoms with Crippen LogP contribution in [0.1, 0.15) is 86.5 Å². The summed E-state index contributed by atoms with van der Waals surface area (Å²) < 4.78 is 39.8. The average Bonchev–Trinajstić information content (AvgIpc) is 2.73. The first kappa shape index (κ1) is 34.4. The van der Waals surface area contributed by atoms with Gasteiger partial charge in [-0.1, -0.05) is 40.0 Å². The van der Waals surface area contributed by atoms with Crippen LogP contribution in [0.25, 0.3) is 0 Å². The van der Waals surface area contributed by atoms with Crippen LogP contribution in [0.3, 0.4) is 0 Å². The number of carbonyl (C=O) groups excluding carboxylic acids is 1. The van der Waals surface area contributed by atoms with Crippen molar-refractivity contribution in [2.24, 2.45) is 5.41 Å². The zero-order valence-electron chi connectivity index (χ0n) is 23.4. The van der Waals surface area contributed by atoms with Crippen LogP contribution in [-0.4, -0.2) is 84.2 Å². The smallest absolute Gasteiger partial charge is 0.394 e. The lowest BCUT2D eigenvalue weighted by Crippen LogP contribution is -2.56. The molecule has 12 heteroatoms. The quantitative estimate of drug-likeness (QED) is 0.146. The van der Waals surface area contributed by atoms with Crippen molar-refractivity contribution in [2.75, 3.05) is 26.4 Å². The van der Waals surface area contributed by atoms with Crippen molar-refractivity contribution < 1.29 is 47.7 Å². The number of carbonyl (C=O) groups is 1. The highest BCUT2D eigenvalue weighted by atomic mass is 31.2. The van der Waals surface area contributed by atoms with Crippen LogP contribution < -0.4 is 5.32 Å². The number of nitrogens with one attached hydrogen (secondary N) is 1. The SMILES string of the molecule is CC(=O)N[C@@H]1C[C@@H](O)[C@@H](CO)OC1OCCCCCCCOCC(CC(C)(C)C)OP(=O)(O)OC(C)C. The van der Waals surface area contributed by atoms with Gasteiger partial charge in [-0.2, -0.15) is 0 Å². The van der Waals surface area contributed by atoms with E-state index >= 15 is 0 Å². The molecule has 1 fully saturated rings. The molecule has 1 rings (SSSR count). The molecule has 0 bridgehead atoms. The Labute approximate surface area is 222 Å². The van der Waals surface area contributed by atoms with Gasteiger partial charge in [0.2, 0.25) is 5.91 Å². The molecule has 37 heavy (non-hydrogen) atoms. The minimum absolute atomic E-state index is 0.0996. The highest BCUT2D eigenvalue weighted by Crippen LogP contribution is 2.47. The first-order valence-electron chi connectivity index (χ1n) is 13.3. The van der Waals surface area contributed by atoms with Crippen LogP contribution >= 0.6 is 7.82 Å². The lowest BCUT2D eigenvalue weighted by molar-refractivity contribution is -0.241. The van der Waals surface area contributed by atoms with E-state index in [-0.39, 0.29) is 31.0 Å². The molecule has 1 aliphatic rings. The van der Waals surface area contributed by atoms with Crippen molar-refractivity contribution in [2.45, 2.75) is 123 Å². The summed E-state index contributed by atoms with van der Waals surface area (Å²) in [6.07, 6.45) is 2.13. The predicted octanol–water partition coefficient (Wildman–Crippen LogP) is 3.29. The number of hydrogen-bond acceptors (Lipinski definition) is 9. The van der Waals surface area contributed by atoms with Crippen LogP contribution in [0.2, 0.25) is 0 Å². The molecule has 0 aromatic carbocycles. The van der Waals surface area contributed by atoms with E-state index in [2.05, 4.69) is 5.32 Å². The first-order valence-corrected chi connectivity index (χ1v) is 14.8. The summed E-state index contributed by atoms with van der Waals surface area (Å²) in [5, 5.41) is 22.1. The van der Waals surface area contributed by atoms with Gasteiger partial charge in [-0.3, -0.25) is 13.8 Å². The van der Waals surface area contributed by atoms with Crippen LogP contribution in [0.15, 0.2) is 0 Å². The number of ether oxygens (including phenoxy) is 3. The van der Waals surface area contributed by atoms with E-state index < -0.39 is 44.6 Å². The van der Waals surface area contributed by atoms with Crippen LogP contribution in [0.5, 0.6) is 0 Å². The summed E-state index contributed by atoms with van der Waals surface area (Å²) in [6.45, 7) is 11.7. The van der Waals surface area contributed by atoms with Gasteiger partial charge in [0.1, 0.15) is 6.10 Å². The number of phosphoric ester groups is 1. The monoisotopic (exact) mass is 555 g/mol. The molecule has 0 radical (unpaired) electrons. The van der Waals surface area contributed by atoms with Gasteiger partial charge in [0.25, 0.3) is 0 Å². The number of aliphatic hydroxyl groups excluding tert-OH is 2. The molecule has 0 spiro atoms. The van der Waals surface area contributed by atoms with Crippen LogP contribution in [0, 0.1) is 5.41 Å². The van der Waals surface area contributed by atoms with Gasteiger partial charge in [0.15, 0.2) is 6.29 Å². The van der Waals surface area contributed by atoms with E-state index in [4.69, 9.17) is 23.3 Å². The predicted molar refractivity (Wildman–Crippen MR) is 139 cm³/mol. The summed E-state index contributed by atoms with van der Waals surface area (Å²) in [4.78, 5) is 21.4. The average molecular weight is 556 g/mol. The molecule has 0 aliphatic carbocycles. The number of phosphoric acid groups is 1. The van der Waals surface area contributed by atoms with Crippen molar-refractivity contribution in [3.8, 4) is 0 Å². The number of amides is 1. The first-order chi connectivity index (χ1) is 17.2. The second-order valence-corrected chi connectivity index (χ2v) is 12.5. The maximum atomic E-state index is 12.2. The van der Waals surface area contributed by atoms with Crippen LogP contribution in [-0.2, 0) is 32.6 Å². The molecule has 6 atom stereocenters. The standard InChI is InChI=1S/C25H50NO10P/c1-18(2)35-37(30,31)36-20(15-25(4,5)6)17-32-12-10-8-7-9-11-13-33-24-21(26-19(3)28)14-22(29)23(16-27)34-24/h18,20-24,27,29H,7-17H2,1-6H3,(H,26,28)(H,30,31)/t20?,21-,22-,23-,24?/m1/s1. The normalized spacial score (nSPS) is 25.1. The van der Waals surface area contributed by atoms with Gasteiger partial charge in [0, 0.05) is 26.6 Å². The third kappa shape index (κ3) is 16.2. The Hall–Kier alpha value is -0.620. The molecule has 0 saturated carbocycles. The maximum absolute atomic E-state index is 12.2. The molecule has 0 aromatic heterocycles. The molecule has 1 saturated heterocycles. The Morgan fingerprint density at radius 2 is 1.73 bits per heavy atom. The third-order valence-electron chi connectivity index (χ3n) is 5.62. The topological polar surface area (TPSA) is 153 Å². The van der Waals surface area contributed by atoms with Gasteiger partial charge in [-0.15, -0.1) is 0 Å². The lowest BCUT2D eigenvalue weighted by Gasteiger charge is -2.38. The van der Waals surface area contributed by atoms with Gasteiger partial charge in [0.05, 0.1) is 37.6 Å². The number of unbranched alkanes of at least 4 members (excludes halogenated alkanes) is 4. The third-order valence-corrected chi connectivity index (χ3v) is 6.87. The summed E-state index contributed by atoms with van der Waals surface area (Å²) >= 11 is 0. The van der Waals surface area contributed by atoms with Crippen molar-refractivity contribution in [3.05, 3.63) is 0 Å². The van der Waals surface area contributed by atoms with Gasteiger partial charge >= 0.3 is 7.82 Å². The Kier molecular flexibility index (Phi) is 15.9. The van der Waals surface area contributed by atoms with Gasteiger partial charge < -0.3 is 34.6 Å². The molecule has 1 heterocycles. The van der Waals surface area contributed by atoms with Gasteiger partial charge in [-0.25, -0.2) is 4.57 Å². The molecule has 11 nitrogen and oxygen atoms in total. The molecule has 1 aliphatic heterocycles. The lowest BCUT2D eigenvalue weighted by atomic mass is 9.89. The Morgan fingerprint density at radius 3 is 2.30 bits per heavy atom. The second kappa shape index (κ2) is 17.2. The van der Waals surface area contributed by atoms with Crippen LogP contribution in [0.4, 0.5) is 0 Å². The largest absolute Gasteiger partial charge is 0.472 e. The van der Waals surface area contributed by atoms with Crippen molar-refractivity contribution in [1.29, 1.82) is 0 Å². The summed E-state index contributed by atoms with van der Waals surface area (Å²) in [5.74, 6) is -0.232. The summed E-state index contributed by atoms with van der Waals surface area (Å²) in [6, 6.07) is -0.463. The molecular formula is C25H50NO10P. The molecule has 4 N–H and O–H groups in total. The number of hydrogen-bond donors (Lipinski definition) is 4. The fraction of sp³-hybridized carbons (Fsp3) is 0.960. The van der Waals surface area contributed by atoms with Crippen molar-refractivity contribution in [3.63, 3.8) is 0 Å². The highest BCUT2D eigenvalue weighted by molar-refractivity contribution is 7.47. The van der Waals surface area contributed by atoms with E-state index in [1.807, 2.05) is 20.8 Å². The fourth-order valence-electron chi connectivity index (χ4n) is 4.13. The molecule has 220 valence electrons. The van der Waals surface area contributed by atoms with Crippen molar-refractivity contribution >= 4 is 13.7 Å². The molecular weight excluding hydrogens is 505 g/mol. The Bertz CT molecular complexity index is 687. The van der Waals surface area contributed by atoms with E-state index in [9.17, 15) is 24.5 Å². The van der Waals surface area contributed by atoms with Gasteiger partial charge in [-0.05, 0) is 38.5 Å². The van der Waals surface area contributed by atoms with Crippen molar-refractivity contribution in [1.82, 2.24) is 5.32 Å². The van der Waals surface area contributed by atoms with E-state index in [1.54, 1.807) is 13.8 Å². The van der Waals surface area contributed by atoms with E-state index in [1.165, 1.54) is 6.92 Å². The zero-order valence-corrected chi connectivity index (χ0v) is 24.3. The molecule has 0 aromatic rings. The summed E-state index contributed by atoms with van der Waals surface area (Å²) in [7, 11) is -4.14. The second-order valence-electron chi connectivity index (χ2n) is 11.2. The highest BCUT2D eigenvalue weighted by Gasteiger charge is 2.38. The van der Waals surface area contributed by atoms with E-state index in [0.29, 0.717) is 19.6 Å². The maximum Gasteiger partial charge on any atom is 0.472 e. The molecule has 3 unspecified atom stereocenters. The van der Waals surface area contributed by atoms with E-state index in [0.717, 1.165) is 32.1 Å². The molecule has 1 amide bonds. The fourth-order valence-corrected chi connectivity index (χ4v) is 5.22. The minimum Gasteiger partial charge on any atom is -0.394 e. The number of aliphatic hydroxyl groups is 2. The number of rotatable bonds is 18. The Morgan fingerprint density at radius 1 is 1.11 bits per heavy atom.